The zero-order valence-corrected chi connectivity index (χ0v) is 17.3. The molecule has 2 N–H and O–H groups in total. The topological polar surface area (TPSA) is 41.1 Å². The van der Waals surface area contributed by atoms with E-state index in [1.165, 1.54) is 41.2 Å². The molecule has 29 heavy (non-hydrogen) atoms. The molecule has 3 atom stereocenters. The number of rotatable bonds is 6. The van der Waals surface area contributed by atoms with Crippen LogP contribution in [0.5, 0.6) is 0 Å². The van der Waals surface area contributed by atoms with Crippen LogP contribution >= 0.6 is 0 Å². The molecule has 0 bridgehead atoms. The standard InChI is InChI=1S/C26H30N2O/c1-18(25-9-5-7-22-6-3-4-8-26(22)25)28-24-15-14-23(16-24)21-12-10-20(11-13-21)17-27-19(2)29/h3-13,18,23-24,28H,14-17H2,1-2H3,(H,27,29)/t18-,23?,24?/m1/s1. The summed E-state index contributed by atoms with van der Waals surface area (Å²) in [5.74, 6) is 0.626. The van der Waals surface area contributed by atoms with Gasteiger partial charge in [-0.2, -0.15) is 0 Å². The lowest BCUT2D eigenvalue weighted by Crippen LogP contribution is -2.29. The lowest BCUT2D eigenvalue weighted by Gasteiger charge is -2.21. The summed E-state index contributed by atoms with van der Waals surface area (Å²) in [6.45, 7) is 4.44. The average molecular weight is 387 g/mol. The van der Waals surface area contributed by atoms with Crippen LogP contribution in [0.4, 0.5) is 0 Å². The predicted molar refractivity (Wildman–Crippen MR) is 120 cm³/mol. The second-order valence-corrected chi connectivity index (χ2v) is 8.31. The molecule has 0 saturated heterocycles. The zero-order chi connectivity index (χ0) is 20.2. The maximum absolute atomic E-state index is 11.1. The Morgan fingerprint density at radius 1 is 1.00 bits per heavy atom. The second kappa shape index (κ2) is 8.79. The van der Waals surface area contributed by atoms with Crippen LogP contribution in [-0.2, 0) is 11.3 Å². The van der Waals surface area contributed by atoms with Crippen LogP contribution in [0.25, 0.3) is 10.8 Å². The molecule has 0 aliphatic heterocycles. The first kappa shape index (κ1) is 19.7. The fourth-order valence-corrected chi connectivity index (χ4v) is 4.64. The van der Waals surface area contributed by atoms with E-state index in [0.29, 0.717) is 24.5 Å². The molecule has 0 spiro atoms. The summed E-state index contributed by atoms with van der Waals surface area (Å²) in [6.07, 6.45) is 3.62. The summed E-state index contributed by atoms with van der Waals surface area (Å²) in [6, 6.07) is 24.9. The molecule has 150 valence electrons. The van der Waals surface area contributed by atoms with Gasteiger partial charge in [-0.15, -0.1) is 0 Å². The maximum Gasteiger partial charge on any atom is 0.217 e. The molecule has 0 heterocycles. The highest BCUT2D eigenvalue weighted by atomic mass is 16.1. The van der Waals surface area contributed by atoms with Crippen molar-refractivity contribution in [2.24, 2.45) is 0 Å². The molecule has 3 aromatic rings. The molecule has 3 heteroatoms. The first-order valence-electron chi connectivity index (χ1n) is 10.7. The third-order valence-corrected chi connectivity index (χ3v) is 6.20. The molecule has 2 unspecified atom stereocenters. The van der Waals surface area contributed by atoms with Gasteiger partial charge in [0.25, 0.3) is 0 Å². The van der Waals surface area contributed by atoms with E-state index in [9.17, 15) is 4.79 Å². The molecule has 1 aliphatic carbocycles. The van der Waals surface area contributed by atoms with Crippen molar-refractivity contribution in [2.75, 3.05) is 0 Å². The molecule has 3 nitrogen and oxygen atoms in total. The Hall–Kier alpha value is -2.65. The molecule has 3 aromatic carbocycles. The quantitative estimate of drug-likeness (QED) is 0.590. The lowest BCUT2D eigenvalue weighted by molar-refractivity contribution is -0.119. The minimum atomic E-state index is 0.0131. The van der Waals surface area contributed by atoms with Gasteiger partial charge in [0, 0.05) is 25.6 Å². The van der Waals surface area contributed by atoms with Crippen molar-refractivity contribution >= 4 is 16.7 Å². The van der Waals surface area contributed by atoms with Gasteiger partial charge < -0.3 is 10.6 Å². The molecular formula is C26H30N2O. The second-order valence-electron chi connectivity index (χ2n) is 8.31. The van der Waals surface area contributed by atoms with Gasteiger partial charge in [0.1, 0.15) is 0 Å². The van der Waals surface area contributed by atoms with Crippen molar-refractivity contribution < 1.29 is 4.79 Å². The van der Waals surface area contributed by atoms with Crippen molar-refractivity contribution in [3.63, 3.8) is 0 Å². The highest BCUT2D eigenvalue weighted by molar-refractivity contribution is 5.86. The van der Waals surface area contributed by atoms with E-state index in [0.717, 1.165) is 5.56 Å². The third kappa shape index (κ3) is 4.68. The highest BCUT2D eigenvalue weighted by Gasteiger charge is 2.27. The van der Waals surface area contributed by atoms with Gasteiger partial charge in [-0.3, -0.25) is 4.79 Å². The number of amides is 1. The van der Waals surface area contributed by atoms with E-state index >= 15 is 0 Å². The zero-order valence-electron chi connectivity index (χ0n) is 17.3. The lowest BCUT2D eigenvalue weighted by atomic mass is 9.96. The van der Waals surface area contributed by atoms with E-state index in [1.807, 2.05) is 0 Å². The van der Waals surface area contributed by atoms with Crippen LogP contribution in [0.15, 0.2) is 66.7 Å². The number of carbonyl (C=O) groups excluding carboxylic acids is 1. The molecule has 0 aromatic heterocycles. The molecule has 1 fully saturated rings. The number of fused-ring (bicyclic) bond motifs is 1. The fourth-order valence-electron chi connectivity index (χ4n) is 4.64. The van der Waals surface area contributed by atoms with Crippen LogP contribution in [0.1, 0.15) is 61.8 Å². The number of nitrogens with one attached hydrogen (secondary N) is 2. The molecule has 1 amide bonds. The number of carbonyl (C=O) groups is 1. The third-order valence-electron chi connectivity index (χ3n) is 6.20. The van der Waals surface area contributed by atoms with Crippen LogP contribution in [0, 0.1) is 0 Å². The van der Waals surface area contributed by atoms with Crippen molar-refractivity contribution in [1.82, 2.24) is 10.6 Å². The maximum atomic E-state index is 11.1. The summed E-state index contributed by atoms with van der Waals surface area (Å²) in [5, 5.41) is 9.40. The van der Waals surface area contributed by atoms with Crippen molar-refractivity contribution in [2.45, 2.75) is 57.7 Å². The number of benzene rings is 3. The summed E-state index contributed by atoms with van der Waals surface area (Å²) >= 11 is 0. The Bertz CT molecular complexity index is 974. The van der Waals surface area contributed by atoms with E-state index in [2.05, 4.69) is 84.3 Å². The smallest absolute Gasteiger partial charge is 0.217 e. The van der Waals surface area contributed by atoms with Crippen molar-refractivity contribution in [3.05, 3.63) is 83.4 Å². The Balaban J connectivity index is 1.38. The monoisotopic (exact) mass is 386 g/mol. The Morgan fingerprint density at radius 3 is 2.55 bits per heavy atom. The van der Waals surface area contributed by atoms with E-state index in [1.54, 1.807) is 6.92 Å². The average Bonchev–Trinajstić information content (AvgIpc) is 3.20. The Labute approximate surface area is 173 Å². The molecule has 1 aliphatic rings. The SMILES string of the molecule is CC(=O)NCc1ccc(C2CCC(N[C@H](C)c3cccc4ccccc34)C2)cc1. The van der Waals surface area contributed by atoms with Gasteiger partial charge in [-0.1, -0.05) is 66.7 Å². The summed E-state index contributed by atoms with van der Waals surface area (Å²) in [5.41, 5.74) is 3.95. The van der Waals surface area contributed by atoms with Crippen molar-refractivity contribution in [1.29, 1.82) is 0 Å². The van der Waals surface area contributed by atoms with Crippen LogP contribution in [-0.4, -0.2) is 11.9 Å². The number of hydrogen-bond donors (Lipinski definition) is 2. The predicted octanol–water partition coefficient (Wildman–Crippen LogP) is 5.46. The Morgan fingerprint density at radius 2 is 1.76 bits per heavy atom. The van der Waals surface area contributed by atoms with Crippen LogP contribution in [0.2, 0.25) is 0 Å². The van der Waals surface area contributed by atoms with E-state index in [4.69, 9.17) is 0 Å². The summed E-state index contributed by atoms with van der Waals surface area (Å²) in [4.78, 5) is 11.1. The van der Waals surface area contributed by atoms with Crippen molar-refractivity contribution in [3.8, 4) is 0 Å². The fraction of sp³-hybridized carbons (Fsp3) is 0.346. The van der Waals surface area contributed by atoms with E-state index in [-0.39, 0.29) is 5.91 Å². The Kier molecular flexibility index (Phi) is 5.96. The van der Waals surface area contributed by atoms with Gasteiger partial charge in [-0.25, -0.2) is 0 Å². The van der Waals surface area contributed by atoms with E-state index < -0.39 is 0 Å². The highest BCUT2D eigenvalue weighted by Crippen LogP contribution is 2.36. The summed E-state index contributed by atoms with van der Waals surface area (Å²) in [7, 11) is 0. The van der Waals surface area contributed by atoms with Crippen LogP contribution < -0.4 is 10.6 Å². The van der Waals surface area contributed by atoms with Crippen LogP contribution in [0.3, 0.4) is 0 Å². The number of hydrogen-bond acceptors (Lipinski definition) is 2. The van der Waals surface area contributed by atoms with Gasteiger partial charge in [0.2, 0.25) is 5.91 Å². The molecule has 1 saturated carbocycles. The first-order valence-corrected chi connectivity index (χ1v) is 10.7. The first-order chi connectivity index (χ1) is 14.1. The largest absolute Gasteiger partial charge is 0.352 e. The normalized spacial score (nSPS) is 19.9. The molecule has 0 radical (unpaired) electrons. The van der Waals surface area contributed by atoms with Gasteiger partial charge in [0.15, 0.2) is 0 Å². The van der Waals surface area contributed by atoms with Gasteiger partial charge in [-0.05, 0) is 59.6 Å². The van der Waals surface area contributed by atoms with Gasteiger partial charge in [0.05, 0.1) is 0 Å². The summed E-state index contributed by atoms with van der Waals surface area (Å²) < 4.78 is 0. The molecule has 4 rings (SSSR count). The minimum absolute atomic E-state index is 0.0131. The minimum Gasteiger partial charge on any atom is -0.352 e. The molecular weight excluding hydrogens is 356 g/mol. The van der Waals surface area contributed by atoms with Gasteiger partial charge >= 0.3 is 0 Å².